The highest BCUT2D eigenvalue weighted by atomic mass is 15.4. The number of fused-ring (bicyclic) bond motifs is 3. The standard InChI is InChI=1S/C28H26N4/c29-17-21(18-30)20-13-14-24-26(16-20)32-25-12-5-4-10-22(25)27(19-8-2-1-3-9-19)23-11-6-7-15-28(23,32)31-24/h1-3,8-9,13-14,16,23,27H,4-7,10-12,15H2/t23-,27+,28+/m0/s1. The molecule has 2 aliphatic heterocycles. The largest absolute Gasteiger partial charge is 0.318 e. The molecular weight excluding hydrogens is 392 g/mol. The van der Waals surface area contributed by atoms with Crippen LogP contribution in [0.15, 0.2) is 64.8 Å². The number of nitrogens with zero attached hydrogens (tertiary/aromatic N) is 4. The Morgan fingerprint density at radius 1 is 0.969 bits per heavy atom. The van der Waals surface area contributed by atoms with Gasteiger partial charge >= 0.3 is 0 Å². The van der Waals surface area contributed by atoms with Gasteiger partial charge in [-0.1, -0.05) is 42.8 Å². The number of rotatable bonds is 1. The summed E-state index contributed by atoms with van der Waals surface area (Å²) in [6.07, 6.45) is 9.39. The average Bonchev–Trinajstić information content (AvgIpc) is 3.17. The van der Waals surface area contributed by atoms with Gasteiger partial charge in [-0.05, 0) is 68.2 Å². The van der Waals surface area contributed by atoms with Gasteiger partial charge < -0.3 is 4.90 Å². The van der Waals surface area contributed by atoms with Crippen LogP contribution in [0.2, 0.25) is 0 Å². The lowest BCUT2D eigenvalue weighted by Crippen LogP contribution is -2.57. The highest BCUT2D eigenvalue weighted by Gasteiger charge is 2.57. The van der Waals surface area contributed by atoms with E-state index >= 15 is 0 Å². The Balaban J connectivity index is 1.63. The van der Waals surface area contributed by atoms with Gasteiger partial charge in [0.2, 0.25) is 0 Å². The molecule has 6 rings (SSSR count). The topological polar surface area (TPSA) is 63.2 Å². The van der Waals surface area contributed by atoms with Crippen molar-refractivity contribution in [2.24, 2.45) is 10.9 Å². The van der Waals surface area contributed by atoms with Crippen LogP contribution in [0.4, 0.5) is 5.69 Å². The third-order valence-electron chi connectivity index (χ3n) is 8.02. The van der Waals surface area contributed by atoms with Crippen molar-refractivity contribution in [3.63, 3.8) is 0 Å². The lowest BCUT2D eigenvalue weighted by Gasteiger charge is -2.56. The van der Waals surface area contributed by atoms with Gasteiger partial charge in [0.1, 0.15) is 23.4 Å². The van der Waals surface area contributed by atoms with Gasteiger partial charge in [0.05, 0.1) is 11.0 Å². The van der Waals surface area contributed by atoms with Crippen LogP contribution in [-0.4, -0.2) is 5.66 Å². The number of hydrogen-bond acceptors (Lipinski definition) is 4. The molecule has 2 aromatic rings. The first-order valence-electron chi connectivity index (χ1n) is 11.9. The van der Waals surface area contributed by atoms with Gasteiger partial charge in [-0.3, -0.25) is 4.99 Å². The Labute approximate surface area is 188 Å². The molecule has 2 heterocycles. The summed E-state index contributed by atoms with van der Waals surface area (Å²) < 4.78 is 0. The SMILES string of the molecule is N#CC(C#N)=c1ccc2c(c1)N1C3=C(CCCC3)[C@@H](c3ccccc3)[C@@H]3CCCC[C@]31N=2. The van der Waals surface area contributed by atoms with Crippen molar-refractivity contribution in [1.29, 1.82) is 10.5 Å². The summed E-state index contributed by atoms with van der Waals surface area (Å²) in [5, 5.41) is 20.6. The first kappa shape index (κ1) is 19.3. The molecule has 0 saturated heterocycles. The summed E-state index contributed by atoms with van der Waals surface area (Å²) in [5.74, 6) is 0.877. The van der Waals surface area contributed by atoms with Gasteiger partial charge in [-0.25, -0.2) is 0 Å². The molecule has 1 fully saturated rings. The van der Waals surface area contributed by atoms with Crippen LogP contribution in [0.3, 0.4) is 0 Å². The van der Waals surface area contributed by atoms with E-state index in [4.69, 9.17) is 4.99 Å². The monoisotopic (exact) mass is 418 g/mol. The fraction of sp³-hybridized carbons (Fsp3) is 0.393. The second kappa shape index (κ2) is 7.35. The van der Waals surface area contributed by atoms with Gasteiger partial charge in [-0.2, -0.15) is 10.5 Å². The van der Waals surface area contributed by atoms with Crippen LogP contribution in [0, 0.1) is 28.6 Å². The van der Waals surface area contributed by atoms with E-state index in [0.29, 0.717) is 17.1 Å². The molecule has 0 radical (unpaired) electrons. The molecule has 4 heteroatoms. The Morgan fingerprint density at radius 3 is 2.59 bits per heavy atom. The summed E-state index contributed by atoms with van der Waals surface area (Å²) in [4.78, 5) is 8.03. The Kier molecular flexibility index (Phi) is 4.44. The second-order valence-corrected chi connectivity index (χ2v) is 9.55. The van der Waals surface area contributed by atoms with E-state index < -0.39 is 0 Å². The molecule has 3 atom stereocenters. The van der Waals surface area contributed by atoms with Crippen molar-refractivity contribution < 1.29 is 0 Å². The predicted octanol–water partition coefficient (Wildman–Crippen LogP) is 4.84. The fourth-order valence-electron chi connectivity index (χ4n) is 6.81. The van der Waals surface area contributed by atoms with Crippen LogP contribution in [0.1, 0.15) is 62.8 Å². The average molecular weight is 419 g/mol. The first-order valence-corrected chi connectivity index (χ1v) is 11.9. The lowest BCUT2D eigenvalue weighted by atomic mass is 9.62. The van der Waals surface area contributed by atoms with E-state index in [0.717, 1.165) is 30.3 Å². The van der Waals surface area contributed by atoms with Gasteiger partial charge in [0, 0.05) is 22.8 Å². The normalized spacial score (nSPS) is 27.8. The zero-order chi connectivity index (χ0) is 21.7. The second-order valence-electron chi connectivity index (χ2n) is 9.55. The number of benzene rings is 2. The Morgan fingerprint density at radius 2 is 1.78 bits per heavy atom. The molecule has 2 aromatic carbocycles. The maximum absolute atomic E-state index is 9.44. The molecule has 0 amide bonds. The summed E-state index contributed by atoms with van der Waals surface area (Å²) >= 11 is 0. The number of anilines is 1. The molecule has 0 N–H and O–H groups in total. The Bertz CT molecular complexity index is 1310. The molecule has 1 spiro atoms. The minimum Gasteiger partial charge on any atom is -0.318 e. The smallest absolute Gasteiger partial charge is 0.140 e. The van der Waals surface area contributed by atoms with E-state index in [1.54, 1.807) is 5.57 Å². The summed E-state index contributed by atoms with van der Waals surface area (Å²) in [5.41, 5.74) is 5.52. The summed E-state index contributed by atoms with van der Waals surface area (Å²) in [6.45, 7) is 0. The van der Waals surface area contributed by atoms with E-state index in [2.05, 4.69) is 47.4 Å². The summed E-state index contributed by atoms with van der Waals surface area (Å²) in [7, 11) is 0. The predicted molar refractivity (Wildman–Crippen MR) is 124 cm³/mol. The third-order valence-corrected chi connectivity index (χ3v) is 8.02. The van der Waals surface area contributed by atoms with Gasteiger partial charge in [0.25, 0.3) is 0 Å². The van der Waals surface area contributed by atoms with Crippen LogP contribution in [0.25, 0.3) is 5.57 Å². The molecule has 0 bridgehead atoms. The fourth-order valence-corrected chi connectivity index (χ4v) is 6.81. The molecule has 1 saturated carbocycles. The molecule has 32 heavy (non-hydrogen) atoms. The van der Waals surface area contributed by atoms with Gasteiger partial charge in [-0.15, -0.1) is 0 Å². The highest BCUT2D eigenvalue weighted by Crippen LogP contribution is 2.59. The molecular formula is C28H26N4. The van der Waals surface area contributed by atoms with Crippen LogP contribution >= 0.6 is 0 Å². The van der Waals surface area contributed by atoms with Crippen LogP contribution < -0.4 is 15.5 Å². The highest BCUT2D eigenvalue weighted by molar-refractivity contribution is 5.74. The van der Waals surface area contributed by atoms with Gasteiger partial charge in [0.15, 0.2) is 0 Å². The quantitative estimate of drug-likeness (QED) is 0.666. The third kappa shape index (κ3) is 2.63. The molecule has 0 unspecified atom stereocenters. The number of hydrogen-bond donors (Lipinski definition) is 0. The zero-order valence-corrected chi connectivity index (χ0v) is 18.2. The molecule has 0 aromatic heterocycles. The van der Waals surface area contributed by atoms with Crippen molar-refractivity contribution in [3.05, 3.63) is 75.9 Å². The van der Waals surface area contributed by atoms with Crippen molar-refractivity contribution in [2.75, 3.05) is 4.90 Å². The van der Waals surface area contributed by atoms with E-state index in [1.165, 1.54) is 43.4 Å². The first-order chi connectivity index (χ1) is 15.8. The van der Waals surface area contributed by atoms with Crippen molar-refractivity contribution in [1.82, 2.24) is 0 Å². The lowest BCUT2D eigenvalue weighted by molar-refractivity contribution is 0.156. The van der Waals surface area contributed by atoms with Crippen LogP contribution in [-0.2, 0) is 0 Å². The number of nitriles is 2. The van der Waals surface area contributed by atoms with Crippen molar-refractivity contribution in [3.8, 4) is 12.1 Å². The molecule has 2 aliphatic carbocycles. The maximum Gasteiger partial charge on any atom is 0.140 e. The van der Waals surface area contributed by atoms with Crippen molar-refractivity contribution in [2.45, 2.75) is 62.9 Å². The zero-order valence-electron chi connectivity index (χ0n) is 18.2. The molecule has 4 nitrogen and oxygen atoms in total. The molecule has 158 valence electrons. The minimum atomic E-state index is -0.241. The van der Waals surface area contributed by atoms with E-state index in [-0.39, 0.29) is 11.2 Å². The van der Waals surface area contributed by atoms with Crippen LogP contribution in [0.5, 0.6) is 0 Å². The van der Waals surface area contributed by atoms with Crippen molar-refractivity contribution >= 4 is 11.3 Å². The maximum atomic E-state index is 9.44. The Hall–Kier alpha value is -3.37. The van der Waals surface area contributed by atoms with E-state index in [9.17, 15) is 10.5 Å². The molecule has 4 aliphatic rings. The number of allylic oxidation sites excluding steroid dienone is 2. The van der Waals surface area contributed by atoms with E-state index in [1.807, 2.05) is 18.2 Å². The minimum absolute atomic E-state index is 0.172. The summed E-state index contributed by atoms with van der Waals surface area (Å²) in [6, 6.07) is 21.2.